The zero-order chi connectivity index (χ0) is 12.1. The summed E-state index contributed by atoms with van der Waals surface area (Å²) in [5, 5.41) is 21.1. The molecular weight excluding hydrogens is 226 g/mol. The molecule has 90 valence electrons. The highest BCUT2D eigenvalue weighted by atomic mass is 32.1. The Kier molecular flexibility index (Phi) is 4.92. The highest BCUT2D eigenvalue weighted by molar-refractivity contribution is 7.13. The quantitative estimate of drug-likeness (QED) is 0.709. The molecule has 1 heterocycles. The van der Waals surface area contributed by atoms with E-state index < -0.39 is 5.97 Å². The zero-order valence-corrected chi connectivity index (χ0v) is 10.3. The molecule has 0 fully saturated rings. The predicted octanol–water partition coefficient (Wildman–Crippen LogP) is 1.55. The van der Waals surface area contributed by atoms with Crippen LogP contribution in [0.2, 0.25) is 0 Å². The Bertz CT molecular complexity index is 349. The molecule has 1 aromatic heterocycles. The van der Waals surface area contributed by atoms with Crippen molar-refractivity contribution >= 4 is 17.3 Å². The van der Waals surface area contributed by atoms with Gasteiger partial charge in [0.1, 0.15) is 4.88 Å². The van der Waals surface area contributed by atoms with Gasteiger partial charge in [-0.3, -0.25) is 0 Å². The van der Waals surface area contributed by atoms with E-state index in [0.29, 0.717) is 17.3 Å². The second-order valence-electron chi connectivity index (χ2n) is 3.99. The minimum Gasteiger partial charge on any atom is -0.477 e. The molecule has 3 N–H and O–H groups in total. The molecule has 1 atom stereocenters. The monoisotopic (exact) mass is 243 g/mol. The van der Waals surface area contributed by atoms with Crippen molar-refractivity contribution in [1.29, 1.82) is 0 Å². The highest BCUT2D eigenvalue weighted by Crippen LogP contribution is 2.16. The van der Waals surface area contributed by atoms with Gasteiger partial charge in [0.2, 0.25) is 0 Å². The molecule has 0 aliphatic rings. The van der Waals surface area contributed by atoms with Gasteiger partial charge < -0.3 is 15.5 Å². The smallest absolute Gasteiger partial charge is 0.345 e. The Morgan fingerprint density at radius 2 is 2.19 bits per heavy atom. The first-order chi connectivity index (χ1) is 7.54. The van der Waals surface area contributed by atoms with Crippen LogP contribution in [0.25, 0.3) is 0 Å². The van der Waals surface area contributed by atoms with E-state index in [4.69, 9.17) is 10.2 Å². The summed E-state index contributed by atoms with van der Waals surface area (Å²) in [5.74, 6) is -0.539. The summed E-state index contributed by atoms with van der Waals surface area (Å²) >= 11 is 1.26. The fourth-order valence-electron chi connectivity index (χ4n) is 1.33. The van der Waals surface area contributed by atoms with Crippen LogP contribution in [0.5, 0.6) is 0 Å². The number of thiophene rings is 1. The van der Waals surface area contributed by atoms with E-state index in [9.17, 15) is 4.79 Å². The number of carboxylic acid groups (broad SMARTS) is 1. The highest BCUT2D eigenvalue weighted by Gasteiger charge is 2.12. The van der Waals surface area contributed by atoms with E-state index in [1.807, 2.05) is 13.8 Å². The second kappa shape index (κ2) is 5.98. The summed E-state index contributed by atoms with van der Waals surface area (Å²) < 4.78 is 0. The maximum Gasteiger partial charge on any atom is 0.345 e. The number of nitrogens with one attached hydrogen (secondary N) is 1. The molecule has 0 saturated heterocycles. The lowest BCUT2D eigenvalue weighted by molar-refractivity contribution is 0.0702. The lowest BCUT2D eigenvalue weighted by atomic mass is 10.1. The molecule has 0 radical (unpaired) electrons. The molecule has 1 rings (SSSR count). The molecule has 1 unspecified atom stereocenters. The Balaban J connectivity index is 2.50. The number of hydrogen-bond acceptors (Lipinski definition) is 4. The van der Waals surface area contributed by atoms with Gasteiger partial charge in [-0.25, -0.2) is 4.79 Å². The van der Waals surface area contributed by atoms with Crippen LogP contribution in [0.3, 0.4) is 0 Å². The normalized spacial score (nSPS) is 13.0. The molecule has 0 bridgehead atoms. The minimum absolute atomic E-state index is 0.0513. The van der Waals surface area contributed by atoms with Crippen LogP contribution in [-0.2, 0) is 6.54 Å². The lowest BCUT2D eigenvalue weighted by Gasteiger charge is -2.19. The summed E-state index contributed by atoms with van der Waals surface area (Å²) in [4.78, 5) is 12.0. The Labute approximate surface area is 98.9 Å². The van der Waals surface area contributed by atoms with E-state index >= 15 is 0 Å². The fraction of sp³-hybridized carbons (Fsp3) is 0.545. The van der Waals surface area contributed by atoms with Crippen molar-refractivity contribution in [3.63, 3.8) is 0 Å². The third-order valence-corrected chi connectivity index (χ3v) is 3.49. The van der Waals surface area contributed by atoms with Crippen LogP contribution in [0.1, 0.15) is 28.4 Å². The topological polar surface area (TPSA) is 69.6 Å². The van der Waals surface area contributed by atoms with E-state index in [1.54, 1.807) is 12.1 Å². The molecule has 5 heteroatoms. The molecule has 0 spiro atoms. The molecule has 4 nitrogen and oxygen atoms in total. The summed E-state index contributed by atoms with van der Waals surface area (Å²) in [6.45, 7) is 4.76. The van der Waals surface area contributed by atoms with Crippen molar-refractivity contribution in [3.05, 3.63) is 21.9 Å². The van der Waals surface area contributed by atoms with E-state index in [2.05, 4.69) is 5.32 Å². The number of carbonyl (C=O) groups is 1. The second-order valence-corrected chi connectivity index (χ2v) is 5.15. The molecule has 0 aliphatic heterocycles. The zero-order valence-electron chi connectivity index (χ0n) is 9.43. The number of aliphatic hydroxyl groups excluding tert-OH is 1. The van der Waals surface area contributed by atoms with Crippen molar-refractivity contribution in [3.8, 4) is 0 Å². The van der Waals surface area contributed by atoms with Gasteiger partial charge in [0.25, 0.3) is 0 Å². The van der Waals surface area contributed by atoms with Crippen LogP contribution < -0.4 is 5.32 Å². The van der Waals surface area contributed by atoms with Crippen molar-refractivity contribution in [1.82, 2.24) is 5.32 Å². The maximum absolute atomic E-state index is 10.7. The van der Waals surface area contributed by atoms with Gasteiger partial charge in [-0.2, -0.15) is 0 Å². The van der Waals surface area contributed by atoms with E-state index in [0.717, 1.165) is 4.88 Å². The molecular formula is C11H17NO3S. The third kappa shape index (κ3) is 3.59. The maximum atomic E-state index is 10.7. The van der Waals surface area contributed by atoms with Crippen molar-refractivity contribution < 1.29 is 15.0 Å². The van der Waals surface area contributed by atoms with Crippen molar-refractivity contribution in [2.24, 2.45) is 5.92 Å². The molecule has 0 saturated carbocycles. The molecule has 0 amide bonds. The van der Waals surface area contributed by atoms with Gasteiger partial charge in [-0.15, -0.1) is 11.3 Å². The van der Waals surface area contributed by atoms with Gasteiger partial charge in [-0.1, -0.05) is 13.8 Å². The average molecular weight is 243 g/mol. The number of rotatable bonds is 6. The number of hydrogen-bond donors (Lipinski definition) is 3. The molecule has 0 aliphatic carbocycles. The molecule has 0 aromatic carbocycles. The molecule has 16 heavy (non-hydrogen) atoms. The van der Waals surface area contributed by atoms with Crippen LogP contribution in [-0.4, -0.2) is 28.8 Å². The van der Waals surface area contributed by atoms with E-state index in [1.165, 1.54) is 11.3 Å². The van der Waals surface area contributed by atoms with Gasteiger partial charge in [0.05, 0.1) is 6.61 Å². The van der Waals surface area contributed by atoms with Gasteiger partial charge >= 0.3 is 5.97 Å². The number of aromatic carboxylic acids is 1. The first kappa shape index (κ1) is 13.2. The van der Waals surface area contributed by atoms with Crippen LogP contribution in [0.15, 0.2) is 12.1 Å². The van der Waals surface area contributed by atoms with Crippen molar-refractivity contribution in [2.75, 3.05) is 6.61 Å². The summed E-state index contributed by atoms with van der Waals surface area (Å²) in [5.41, 5.74) is 0. The standard InChI is InChI=1S/C11H17NO3S/c1-7(2)9(6-13)12-5-8-3-4-10(16-8)11(14)15/h3-4,7,9,12-13H,5-6H2,1-2H3,(H,14,15). The fourth-order valence-corrected chi connectivity index (χ4v) is 2.13. The first-order valence-corrected chi connectivity index (χ1v) is 6.02. The molecule has 1 aromatic rings. The van der Waals surface area contributed by atoms with Crippen LogP contribution in [0, 0.1) is 5.92 Å². The summed E-state index contributed by atoms with van der Waals surface area (Å²) in [7, 11) is 0. The SMILES string of the molecule is CC(C)C(CO)NCc1ccc(C(=O)O)s1. The first-order valence-electron chi connectivity index (χ1n) is 5.20. The summed E-state index contributed by atoms with van der Waals surface area (Å²) in [6, 6.07) is 3.46. The van der Waals surface area contributed by atoms with E-state index in [-0.39, 0.29) is 12.6 Å². The Morgan fingerprint density at radius 3 is 2.62 bits per heavy atom. The minimum atomic E-state index is -0.890. The average Bonchev–Trinajstić information content (AvgIpc) is 2.67. The number of aliphatic hydroxyl groups is 1. The van der Waals surface area contributed by atoms with Crippen LogP contribution in [0.4, 0.5) is 0 Å². The Hall–Kier alpha value is -0.910. The lowest BCUT2D eigenvalue weighted by Crippen LogP contribution is -2.36. The van der Waals surface area contributed by atoms with Gasteiger partial charge in [0.15, 0.2) is 0 Å². The van der Waals surface area contributed by atoms with Gasteiger partial charge in [0, 0.05) is 17.5 Å². The number of carboxylic acids is 1. The van der Waals surface area contributed by atoms with Gasteiger partial charge in [-0.05, 0) is 18.1 Å². The summed E-state index contributed by atoms with van der Waals surface area (Å²) in [6.07, 6.45) is 0. The Morgan fingerprint density at radius 1 is 1.50 bits per heavy atom. The predicted molar refractivity (Wildman–Crippen MR) is 63.8 cm³/mol. The largest absolute Gasteiger partial charge is 0.477 e. The third-order valence-electron chi connectivity index (χ3n) is 2.41. The van der Waals surface area contributed by atoms with Crippen LogP contribution >= 0.6 is 11.3 Å². The van der Waals surface area contributed by atoms with Crippen molar-refractivity contribution in [2.45, 2.75) is 26.4 Å².